The minimum atomic E-state index is -0.348. The fourth-order valence-electron chi connectivity index (χ4n) is 3.39. The number of rotatable bonds is 3. The molecule has 2 aromatic carbocycles. The van der Waals surface area contributed by atoms with Gasteiger partial charge in [-0.1, -0.05) is 18.2 Å². The molecule has 7 heteroatoms. The molecule has 0 fully saturated rings. The second-order valence-corrected chi connectivity index (χ2v) is 6.82. The molecule has 0 atom stereocenters. The Morgan fingerprint density at radius 2 is 1.86 bits per heavy atom. The van der Waals surface area contributed by atoms with Gasteiger partial charge in [0.1, 0.15) is 11.3 Å². The molecule has 0 saturated carbocycles. The van der Waals surface area contributed by atoms with Gasteiger partial charge in [-0.15, -0.1) is 0 Å². The van der Waals surface area contributed by atoms with E-state index in [0.717, 1.165) is 5.56 Å². The zero-order valence-corrected chi connectivity index (χ0v) is 15.3. The second kappa shape index (κ2) is 6.53. The van der Waals surface area contributed by atoms with E-state index in [1.165, 1.54) is 27.8 Å². The molecule has 0 spiro atoms. The van der Waals surface area contributed by atoms with Gasteiger partial charge in [-0.2, -0.15) is 0 Å². The molecule has 0 aliphatic rings. The number of carbonyl (C=O) groups is 1. The lowest BCUT2D eigenvalue weighted by molar-refractivity contribution is 0.0831. The van der Waals surface area contributed by atoms with E-state index >= 15 is 0 Å². The molecular weight excluding hydrogens is 361 g/mol. The first-order valence-electron chi connectivity index (χ1n) is 8.66. The number of nitrogens with zero attached hydrogens (tertiary/aromatic N) is 3. The summed E-state index contributed by atoms with van der Waals surface area (Å²) in [5.41, 5.74) is 1.36. The molecule has 2 N–H and O–H groups in total. The molecular formula is C21H18FN3O3. The molecule has 2 heterocycles. The highest BCUT2D eigenvalue weighted by atomic mass is 19.1. The molecule has 4 aromatic rings. The van der Waals surface area contributed by atoms with Crippen LogP contribution in [0.1, 0.15) is 15.9 Å². The van der Waals surface area contributed by atoms with E-state index in [4.69, 9.17) is 0 Å². The number of phenolic OH excluding ortho intramolecular Hbond substituents is 1. The van der Waals surface area contributed by atoms with E-state index < -0.39 is 0 Å². The van der Waals surface area contributed by atoms with Gasteiger partial charge in [0.25, 0.3) is 5.91 Å². The number of halogens is 1. The van der Waals surface area contributed by atoms with Crippen molar-refractivity contribution in [1.82, 2.24) is 14.5 Å². The molecule has 0 bridgehead atoms. The van der Waals surface area contributed by atoms with Crippen LogP contribution in [0.15, 0.2) is 48.8 Å². The summed E-state index contributed by atoms with van der Waals surface area (Å²) in [5.74, 6) is -0.977. The van der Waals surface area contributed by atoms with Crippen LogP contribution < -0.4 is 0 Å². The second-order valence-electron chi connectivity index (χ2n) is 6.82. The van der Waals surface area contributed by atoms with Gasteiger partial charge >= 0.3 is 0 Å². The lowest BCUT2D eigenvalue weighted by atomic mass is 10.0. The van der Waals surface area contributed by atoms with Gasteiger partial charge < -0.3 is 19.7 Å². The molecule has 0 radical (unpaired) electrons. The highest BCUT2D eigenvalue weighted by molar-refractivity contribution is 6.21. The van der Waals surface area contributed by atoms with Crippen molar-refractivity contribution < 1.29 is 19.4 Å². The van der Waals surface area contributed by atoms with E-state index in [1.807, 2.05) is 0 Å². The molecule has 0 aliphatic heterocycles. The first kappa shape index (κ1) is 17.8. The van der Waals surface area contributed by atoms with Crippen LogP contribution >= 0.6 is 0 Å². The summed E-state index contributed by atoms with van der Waals surface area (Å²) >= 11 is 0. The zero-order chi connectivity index (χ0) is 20.0. The molecule has 2 aromatic heterocycles. The van der Waals surface area contributed by atoms with Crippen molar-refractivity contribution in [1.29, 1.82) is 0 Å². The number of aromatic nitrogens is 2. The Morgan fingerprint density at radius 3 is 2.54 bits per heavy atom. The highest BCUT2D eigenvalue weighted by Gasteiger charge is 2.25. The van der Waals surface area contributed by atoms with Crippen molar-refractivity contribution in [3.8, 4) is 11.6 Å². The van der Waals surface area contributed by atoms with E-state index in [2.05, 4.69) is 4.98 Å². The topological polar surface area (TPSA) is 78.6 Å². The molecule has 1 amide bonds. The van der Waals surface area contributed by atoms with Gasteiger partial charge in [0.15, 0.2) is 5.75 Å². The summed E-state index contributed by atoms with van der Waals surface area (Å²) in [6.07, 6.45) is 3.14. The van der Waals surface area contributed by atoms with Crippen LogP contribution in [0.4, 0.5) is 4.39 Å². The Kier molecular flexibility index (Phi) is 4.15. The Morgan fingerprint density at radius 1 is 1.14 bits per heavy atom. The maximum atomic E-state index is 13.2. The van der Waals surface area contributed by atoms with E-state index in [-0.39, 0.29) is 40.8 Å². The minimum Gasteiger partial charge on any atom is -0.505 e. The van der Waals surface area contributed by atoms with Gasteiger partial charge in [0.05, 0.1) is 17.5 Å². The third-order valence-corrected chi connectivity index (χ3v) is 4.74. The quantitative estimate of drug-likeness (QED) is 0.571. The van der Waals surface area contributed by atoms with Crippen LogP contribution in [-0.2, 0) is 6.54 Å². The predicted octanol–water partition coefficient (Wildman–Crippen LogP) is 3.49. The fraction of sp³-hybridized carbons (Fsp3) is 0.143. The standard InChI is InChI=1S/C21H18FN3O3/c1-24(2)20(27)16-14-4-3-9-23-18(14)19(26)17-15(16)11-25(21(17)28)10-12-5-7-13(22)8-6-12/h3-9,11,26,28H,10H2,1-2H3. The predicted molar refractivity (Wildman–Crippen MR) is 104 cm³/mol. The van der Waals surface area contributed by atoms with Gasteiger partial charge in [-0.25, -0.2) is 4.39 Å². The number of benzene rings is 2. The number of amides is 1. The van der Waals surface area contributed by atoms with Crippen LogP contribution in [0.5, 0.6) is 11.6 Å². The maximum Gasteiger partial charge on any atom is 0.254 e. The highest BCUT2D eigenvalue weighted by Crippen LogP contribution is 2.42. The van der Waals surface area contributed by atoms with Crippen molar-refractivity contribution in [2.24, 2.45) is 0 Å². The van der Waals surface area contributed by atoms with Gasteiger partial charge in [-0.3, -0.25) is 9.78 Å². The Labute approximate surface area is 160 Å². The molecule has 0 unspecified atom stereocenters. The van der Waals surface area contributed by atoms with Gasteiger partial charge in [0, 0.05) is 37.3 Å². The SMILES string of the molecule is CN(C)C(=O)c1c2cccnc2c(O)c2c(O)n(Cc3ccc(F)cc3)cc12. The van der Waals surface area contributed by atoms with Crippen molar-refractivity contribution in [2.45, 2.75) is 6.54 Å². The van der Waals surface area contributed by atoms with Gasteiger partial charge in [-0.05, 0) is 23.8 Å². The first-order valence-corrected chi connectivity index (χ1v) is 8.66. The molecule has 6 nitrogen and oxygen atoms in total. The lowest BCUT2D eigenvalue weighted by Crippen LogP contribution is -2.22. The van der Waals surface area contributed by atoms with Gasteiger partial charge in [0.2, 0.25) is 5.88 Å². The number of hydrogen-bond acceptors (Lipinski definition) is 4. The molecule has 0 aliphatic carbocycles. The third kappa shape index (κ3) is 2.72. The smallest absolute Gasteiger partial charge is 0.254 e. The summed E-state index contributed by atoms with van der Waals surface area (Å²) in [5, 5.41) is 22.6. The summed E-state index contributed by atoms with van der Waals surface area (Å²) < 4.78 is 14.7. The number of aromatic hydroxyl groups is 2. The normalized spacial score (nSPS) is 11.2. The molecule has 142 valence electrons. The largest absolute Gasteiger partial charge is 0.505 e. The number of hydrogen-bond donors (Lipinski definition) is 2. The first-order chi connectivity index (χ1) is 13.4. The summed E-state index contributed by atoms with van der Waals surface area (Å²) in [6, 6.07) is 9.31. The Balaban J connectivity index is 2.01. The fourth-order valence-corrected chi connectivity index (χ4v) is 3.39. The monoisotopic (exact) mass is 379 g/mol. The van der Waals surface area contributed by atoms with E-state index in [1.54, 1.807) is 44.6 Å². The van der Waals surface area contributed by atoms with Crippen LogP contribution in [0.3, 0.4) is 0 Å². The molecule has 0 saturated heterocycles. The van der Waals surface area contributed by atoms with Crippen LogP contribution in [0.2, 0.25) is 0 Å². The molecule has 4 rings (SSSR count). The van der Waals surface area contributed by atoms with E-state index in [0.29, 0.717) is 16.3 Å². The lowest BCUT2D eigenvalue weighted by Gasteiger charge is -2.14. The van der Waals surface area contributed by atoms with Crippen molar-refractivity contribution in [2.75, 3.05) is 14.1 Å². The molecule has 28 heavy (non-hydrogen) atoms. The number of pyridine rings is 1. The Hall–Kier alpha value is -3.61. The minimum absolute atomic E-state index is 0.165. The van der Waals surface area contributed by atoms with Crippen molar-refractivity contribution >= 4 is 27.6 Å². The summed E-state index contributed by atoms with van der Waals surface area (Å²) in [7, 11) is 3.27. The maximum absolute atomic E-state index is 13.2. The van der Waals surface area contributed by atoms with Crippen LogP contribution in [0, 0.1) is 5.82 Å². The summed E-state index contributed by atoms with van der Waals surface area (Å²) in [6.45, 7) is 0.250. The Bertz CT molecular complexity index is 1210. The van der Waals surface area contributed by atoms with Crippen molar-refractivity contribution in [3.05, 3.63) is 65.7 Å². The third-order valence-electron chi connectivity index (χ3n) is 4.74. The zero-order valence-electron chi connectivity index (χ0n) is 15.3. The van der Waals surface area contributed by atoms with Crippen LogP contribution in [0.25, 0.3) is 21.7 Å². The number of carbonyl (C=O) groups excluding carboxylic acids is 1. The average molecular weight is 379 g/mol. The van der Waals surface area contributed by atoms with Crippen molar-refractivity contribution in [3.63, 3.8) is 0 Å². The number of fused-ring (bicyclic) bond motifs is 2. The van der Waals surface area contributed by atoms with Crippen LogP contribution in [-0.4, -0.2) is 44.7 Å². The average Bonchev–Trinajstić information content (AvgIpc) is 3.00. The van der Waals surface area contributed by atoms with E-state index in [9.17, 15) is 19.4 Å². The summed E-state index contributed by atoms with van der Waals surface area (Å²) in [4.78, 5) is 18.5. The number of phenols is 1.